The lowest BCUT2D eigenvalue weighted by Crippen LogP contribution is -2.38. The lowest BCUT2D eigenvalue weighted by Gasteiger charge is -2.31. The maximum atomic E-state index is 11.8. The number of H-pyrrole nitrogens is 1. The highest BCUT2D eigenvalue weighted by Crippen LogP contribution is 2.29. The van der Waals surface area contributed by atoms with Gasteiger partial charge in [0.2, 0.25) is 5.91 Å². The average molecular weight is 300 g/mol. The predicted octanol–water partition coefficient (Wildman–Crippen LogP) is 1.53. The molecular weight excluding hydrogens is 282 g/mol. The van der Waals surface area contributed by atoms with Crippen molar-refractivity contribution in [1.82, 2.24) is 15.1 Å². The van der Waals surface area contributed by atoms with E-state index in [1.165, 1.54) is 0 Å². The third-order valence-corrected chi connectivity index (χ3v) is 3.78. The molecule has 1 aliphatic heterocycles. The second-order valence-corrected chi connectivity index (χ2v) is 4.98. The van der Waals surface area contributed by atoms with Crippen molar-refractivity contribution in [3.05, 3.63) is 17.5 Å². The van der Waals surface area contributed by atoms with Crippen LogP contribution in [0.5, 0.6) is 0 Å². The fourth-order valence-corrected chi connectivity index (χ4v) is 2.67. The molecular formula is C13H18ClN3O3. The van der Waals surface area contributed by atoms with Crippen molar-refractivity contribution in [2.75, 3.05) is 25.6 Å². The van der Waals surface area contributed by atoms with Gasteiger partial charge in [-0.1, -0.05) is 0 Å². The van der Waals surface area contributed by atoms with Crippen LogP contribution in [-0.4, -0.2) is 52.6 Å². The monoisotopic (exact) mass is 299 g/mol. The summed E-state index contributed by atoms with van der Waals surface area (Å²) in [6.45, 7) is 3.41. The third kappa shape index (κ3) is 3.12. The summed E-state index contributed by atoms with van der Waals surface area (Å²) in [5.41, 5.74) is 1.30. The Hall–Kier alpha value is -1.56. The summed E-state index contributed by atoms with van der Waals surface area (Å²) in [6.07, 6.45) is 3.28. The molecule has 0 unspecified atom stereocenters. The number of hydrogen-bond donors (Lipinski definition) is 1. The number of alkyl halides is 1. The number of carbonyl (C=O) groups is 2. The van der Waals surface area contributed by atoms with Gasteiger partial charge in [0.1, 0.15) is 11.6 Å². The van der Waals surface area contributed by atoms with E-state index in [4.69, 9.17) is 16.3 Å². The Kier molecular flexibility index (Phi) is 5.00. The quantitative estimate of drug-likeness (QED) is 0.676. The SMILES string of the molecule is CCOC(=O)c1[nH]ncc1C1CCN(C(=O)CCl)CC1. The molecule has 6 nitrogen and oxygen atoms in total. The number of esters is 1. The van der Waals surface area contributed by atoms with E-state index in [-0.39, 0.29) is 23.7 Å². The second-order valence-electron chi connectivity index (χ2n) is 4.71. The first-order valence-electron chi connectivity index (χ1n) is 6.71. The van der Waals surface area contributed by atoms with E-state index in [0.29, 0.717) is 25.4 Å². The summed E-state index contributed by atoms with van der Waals surface area (Å²) in [5, 5.41) is 6.65. The van der Waals surface area contributed by atoms with Crippen molar-refractivity contribution in [2.45, 2.75) is 25.7 Å². The molecule has 2 rings (SSSR count). The molecule has 0 spiro atoms. The van der Waals surface area contributed by atoms with Gasteiger partial charge >= 0.3 is 5.97 Å². The highest BCUT2D eigenvalue weighted by atomic mass is 35.5. The van der Waals surface area contributed by atoms with Crippen LogP contribution in [0.25, 0.3) is 0 Å². The molecule has 7 heteroatoms. The largest absolute Gasteiger partial charge is 0.461 e. The maximum Gasteiger partial charge on any atom is 0.356 e. The van der Waals surface area contributed by atoms with E-state index in [1.54, 1.807) is 18.0 Å². The summed E-state index contributed by atoms with van der Waals surface area (Å²) in [5.74, 6) is -0.181. The Labute approximate surface area is 122 Å². The minimum absolute atomic E-state index is 0.0183. The van der Waals surface area contributed by atoms with Crippen LogP contribution in [0.15, 0.2) is 6.20 Å². The summed E-state index contributed by atoms with van der Waals surface area (Å²) in [6, 6.07) is 0. The van der Waals surface area contributed by atoms with E-state index in [0.717, 1.165) is 18.4 Å². The van der Waals surface area contributed by atoms with Gasteiger partial charge in [0.05, 0.1) is 12.8 Å². The number of hydrogen-bond acceptors (Lipinski definition) is 4. The van der Waals surface area contributed by atoms with Crippen LogP contribution >= 0.6 is 11.6 Å². The van der Waals surface area contributed by atoms with Crippen LogP contribution in [0.3, 0.4) is 0 Å². The van der Waals surface area contributed by atoms with Crippen molar-refractivity contribution in [3.8, 4) is 0 Å². The van der Waals surface area contributed by atoms with Gasteiger partial charge in [0, 0.05) is 18.7 Å². The smallest absolute Gasteiger partial charge is 0.356 e. The van der Waals surface area contributed by atoms with Crippen LogP contribution < -0.4 is 0 Å². The number of rotatable bonds is 4. The first kappa shape index (κ1) is 14.8. The highest BCUT2D eigenvalue weighted by Gasteiger charge is 2.27. The van der Waals surface area contributed by atoms with Crippen molar-refractivity contribution < 1.29 is 14.3 Å². The number of aromatic amines is 1. The van der Waals surface area contributed by atoms with Crippen LogP contribution in [0, 0.1) is 0 Å². The van der Waals surface area contributed by atoms with Gasteiger partial charge in [0.25, 0.3) is 0 Å². The van der Waals surface area contributed by atoms with E-state index < -0.39 is 0 Å². The average Bonchev–Trinajstić information content (AvgIpc) is 2.96. The Balaban J connectivity index is 2.02. The fourth-order valence-electron chi connectivity index (χ4n) is 2.50. The zero-order chi connectivity index (χ0) is 14.5. The highest BCUT2D eigenvalue weighted by molar-refractivity contribution is 6.27. The molecule has 0 radical (unpaired) electrons. The van der Waals surface area contributed by atoms with Crippen LogP contribution in [0.2, 0.25) is 0 Å². The normalized spacial score (nSPS) is 16.2. The Morgan fingerprint density at radius 3 is 2.80 bits per heavy atom. The molecule has 2 heterocycles. The molecule has 1 saturated heterocycles. The third-order valence-electron chi connectivity index (χ3n) is 3.55. The van der Waals surface area contributed by atoms with E-state index in [2.05, 4.69) is 10.2 Å². The standard InChI is InChI=1S/C13H18ClN3O3/c1-2-20-13(19)12-10(8-15-16-12)9-3-5-17(6-4-9)11(18)7-14/h8-9H,2-7H2,1H3,(H,15,16). The molecule has 20 heavy (non-hydrogen) atoms. The number of piperidine rings is 1. The number of carbonyl (C=O) groups excluding carboxylic acids is 2. The first-order chi connectivity index (χ1) is 9.67. The first-order valence-corrected chi connectivity index (χ1v) is 7.25. The van der Waals surface area contributed by atoms with Gasteiger partial charge in [-0.05, 0) is 25.7 Å². The zero-order valence-electron chi connectivity index (χ0n) is 11.4. The minimum Gasteiger partial charge on any atom is -0.461 e. The second kappa shape index (κ2) is 6.74. The summed E-state index contributed by atoms with van der Waals surface area (Å²) >= 11 is 5.56. The summed E-state index contributed by atoms with van der Waals surface area (Å²) in [4.78, 5) is 25.1. The molecule has 0 saturated carbocycles. The Bertz CT molecular complexity index is 481. The van der Waals surface area contributed by atoms with Crippen molar-refractivity contribution in [1.29, 1.82) is 0 Å². The van der Waals surface area contributed by atoms with Crippen LogP contribution in [0.1, 0.15) is 41.7 Å². The van der Waals surface area contributed by atoms with E-state index in [1.807, 2.05) is 0 Å². The van der Waals surface area contributed by atoms with Gasteiger partial charge in [-0.2, -0.15) is 5.10 Å². The molecule has 0 bridgehead atoms. The number of likely N-dealkylation sites (tertiary alicyclic amines) is 1. The van der Waals surface area contributed by atoms with Crippen LogP contribution in [0.4, 0.5) is 0 Å². The molecule has 1 fully saturated rings. The molecule has 0 aromatic carbocycles. The van der Waals surface area contributed by atoms with E-state index in [9.17, 15) is 9.59 Å². The van der Waals surface area contributed by atoms with Gasteiger partial charge in [-0.25, -0.2) is 4.79 Å². The molecule has 0 atom stereocenters. The topological polar surface area (TPSA) is 75.3 Å². The number of amides is 1. The number of halogens is 1. The summed E-state index contributed by atoms with van der Waals surface area (Å²) in [7, 11) is 0. The molecule has 1 aromatic rings. The van der Waals surface area contributed by atoms with Gasteiger partial charge in [-0.3, -0.25) is 9.89 Å². The van der Waals surface area contributed by atoms with Crippen molar-refractivity contribution >= 4 is 23.5 Å². The van der Waals surface area contributed by atoms with Crippen LogP contribution in [-0.2, 0) is 9.53 Å². The molecule has 1 amide bonds. The maximum absolute atomic E-state index is 11.8. The van der Waals surface area contributed by atoms with Crippen molar-refractivity contribution in [2.24, 2.45) is 0 Å². The lowest BCUT2D eigenvalue weighted by atomic mass is 9.89. The molecule has 1 aliphatic rings. The number of nitrogens with one attached hydrogen (secondary N) is 1. The number of aromatic nitrogens is 2. The summed E-state index contributed by atoms with van der Waals surface area (Å²) < 4.78 is 5.00. The molecule has 1 aromatic heterocycles. The molecule has 110 valence electrons. The molecule has 0 aliphatic carbocycles. The lowest BCUT2D eigenvalue weighted by molar-refractivity contribution is -0.129. The van der Waals surface area contributed by atoms with E-state index >= 15 is 0 Å². The minimum atomic E-state index is -0.376. The van der Waals surface area contributed by atoms with Gasteiger partial charge in [-0.15, -0.1) is 11.6 Å². The molecule has 1 N–H and O–H groups in total. The zero-order valence-corrected chi connectivity index (χ0v) is 12.2. The Morgan fingerprint density at radius 2 is 2.20 bits per heavy atom. The Morgan fingerprint density at radius 1 is 1.50 bits per heavy atom. The van der Waals surface area contributed by atoms with Crippen molar-refractivity contribution in [3.63, 3.8) is 0 Å². The van der Waals surface area contributed by atoms with Gasteiger partial charge < -0.3 is 9.64 Å². The fraction of sp³-hybridized carbons (Fsp3) is 0.615. The van der Waals surface area contributed by atoms with Gasteiger partial charge in [0.15, 0.2) is 0 Å². The number of nitrogens with zero attached hydrogens (tertiary/aromatic N) is 2. The number of ether oxygens (including phenoxy) is 1. The predicted molar refractivity (Wildman–Crippen MR) is 73.8 cm³/mol.